The van der Waals surface area contributed by atoms with E-state index in [1.807, 2.05) is 0 Å². The molecule has 0 amide bonds. The van der Waals surface area contributed by atoms with Crippen LogP contribution in [0.25, 0.3) is 16.8 Å². The zero-order valence-electron chi connectivity index (χ0n) is 18.0. The normalized spacial score (nSPS) is 12.2. The highest BCUT2D eigenvalue weighted by atomic mass is 31.2. The van der Waals surface area contributed by atoms with Crippen molar-refractivity contribution in [3.8, 4) is 16.8 Å². The van der Waals surface area contributed by atoms with Crippen LogP contribution < -0.4 is 9.13 Å². The number of pyridine rings is 2. The first-order valence-corrected chi connectivity index (χ1v) is 11.9. The fraction of sp³-hybridized carbons (Fsp3) is 0.0435. The summed E-state index contributed by atoms with van der Waals surface area (Å²) in [6.45, 7) is 0. The van der Waals surface area contributed by atoms with Gasteiger partial charge < -0.3 is 9.79 Å². The highest BCUT2D eigenvalue weighted by Gasteiger charge is 2.38. The Morgan fingerprint density at radius 1 is 0.771 bits per heavy atom. The third kappa shape index (κ3) is 5.12. The maximum Gasteiger partial charge on any atom is 0.398 e. The molecule has 2 heterocycles. The van der Waals surface area contributed by atoms with E-state index in [9.17, 15) is 34.6 Å². The smallest absolute Gasteiger partial charge is 0.320 e. The predicted molar refractivity (Wildman–Crippen MR) is 124 cm³/mol. The molecule has 2 aromatic carbocycles. The minimum Gasteiger partial charge on any atom is -0.320 e. The predicted octanol–water partition coefficient (Wildman–Crippen LogP) is 3.46. The molecule has 0 aliphatic heterocycles. The number of nitrogens with zero attached hydrogens (tertiary/aromatic N) is 4. The third-order valence-corrected chi connectivity index (χ3v) is 6.56. The molecule has 4 rings (SSSR count). The lowest BCUT2D eigenvalue weighted by molar-refractivity contribution is -0.695. The van der Waals surface area contributed by atoms with Crippen LogP contribution in [-0.2, 0) is 4.57 Å². The van der Waals surface area contributed by atoms with Crippen molar-refractivity contribution in [1.29, 1.82) is 0 Å². The third-order valence-electron chi connectivity index (χ3n) is 5.36. The largest absolute Gasteiger partial charge is 0.398 e. The molecule has 0 spiro atoms. The molecule has 0 saturated heterocycles. The van der Waals surface area contributed by atoms with E-state index in [1.165, 1.54) is 21.3 Å². The van der Waals surface area contributed by atoms with Gasteiger partial charge in [0.2, 0.25) is 0 Å². The Labute approximate surface area is 198 Å². The van der Waals surface area contributed by atoms with Crippen molar-refractivity contribution in [2.75, 3.05) is 0 Å². The van der Waals surface area contributed by atoms with E-state index in [1.54, 1.807) is 79.4 Å². The maximum absolute atomic E-state index is 12.2. The SMILES string of the molecule is O=[N+]([O-])c1ccc(-[n+]2ccc(-c3cc[n+](C(c4ccccc4)P(=O)(O)O)cc3)cc2)c([N+](=O)[O-])c1. The summed E-state index contributed by atoms with van der Waals surface area (Å²) in [4.78, 5) is 40.9. The fourth-order valence-corrected chi connectivity index (χ4v) is 4.79. The number of nitro benzene ring substituents is 2. The van der Waals surface area contributed by atoms with Crippen molar-refractivity contribution in [3.05, 3.63) is 123 Å². The van der Waals surface area contributed by atoms with Gasteiger partial charge in [0.05, 0.1) is 9.85 Å². The molecule has 4 aromatic rings. The van der Waals surface area contributed by atoms with E-state index in [2.05, 4.69) is 0 Å². The molecular formula is C23H19N4O7P+2. The van der Waals surface area contributed by atoms with Gasteiger partial charge >= 0.3 is 13.3 Å². The number of nitro groups is 2. The molecular weight excluding hydrogens is 475 g/mol. The quantitative estimate of drug-likeness (QED) is 0.173. The Morgan fingerprint density at radius 2 is 1.34 bits per heavy atom. The van der Waals surface area contributed by atoms with E-state index in [0.29, 0.717) is 5.56 Å². The summed E-state index contributed by atoms with van der Waals surface area (Å²) in [6, 6.07) is 18.7. The molecule has 0 aliphatic carbocycles. The molecule has 1 atom stereocenters. The van der Waals surface area contributed by atoms with Crippen LogP contribution >= 0.6 is 7.60 Å². The topological polar surface area (TPSA) is 152 Å². The summed E-state index contributed by atoms with van der Waals surface area (Å²) in [5, 5.41) is 22.4. The summed E-state index contributed by atoms with van der Waals surface area (Å²) in [5.41, 5.74) is 1.38. The lowest BCUT2D eigenvalue weighted by Crippen LogP contribution is -2.39. The number of rotatable bonds is 7. The van der Waals surface area contributed by atoms with Gasteiger partial charge in [-0.1, -0.05) is 30.3 Å². The standard InChI is InChI=1S/C23H17N4O7P/c28-26(29)20-6-7-21(22(16-20)27(30)31)24-12-8-17(9-13-24)18-10-14-25(15-11-18)23(35(32,33)34)19-4-2-1-3-5-19/h1-16,23H/p+2. The number of hydrogen-bond acceptors (Lipinski definition) is 5. The van der Waals surface area contributed by atoms with Crippen molar-refractivity contribution in [3.63, 3.8) is 0 Å². The highest BCUT2D eigenvalue weighted by molar-refractivity contribution is 7.51. The van der Waals surface area contributed by atoms with Gasteiger partial charge in [-0.3, -0.25) is 24.8 Å². The number of hydrogen-bond donors (Lipinski definition) is 2. The molecule has 11 nitrogen and oxygen atoms in total. The minimum absolute atomic E-state index is 0.172. The average Bonchev–Trinajstić information content (AvgIpc) is 2.84. The van der Waals surface area contributed by atoms with E-state index in [-0.39, 0.29) is 11.4 Å². The second kappa shape index (κ2) is 9.51. The molecule has 0 saturated carbocycles. The first-order valence-electron chi connectivity index (χ1n) is 10.2. The van der Waals surface area contributed by atoms with Crippen LogP contribution in [0.2, 0.25) is 0 Å². The van der Waals surface area contributed by atoms with E-state index >= 15 is 0 Å². The van der Waals surface area contributed by atoms with Crippen molar-refractivity contribution in [2.24, 2.45) is 0 Å². The average molecular weight is 494 g/mol. The van der Waals surface area contributed by atoms with Crippen LogP contribution in [0.1, 0.15) is 11.3 Å². The van der Waals surface area contributed by atoms with Gasteiger partial charge in [-0.15, -0.1) is 0 Å². The molecule has 12 heteroatoms. The molecule has 176 valence electrons. The van der Waals surface area contributed by atoms with Crippen molar-refractivity contribution < 1.29 is 33.3 Å². The Kier molecular flexibility index (Phi) is 6.48. The van der Waals surface area contributed by atoms with E-state index in [0.717, 1.165) is 17.2 Å². The lowest BCUT2D eigenvalue weighted by Gasteiger charge is -2.14. The summed E-state index contributed by atoms with van der Waals surface area (Å²) < 4.78 is 15.1. The van der Waals surface area contributed by atoms with Crippen LogP contribution in [0, 0.1) is 20.2 Å². The Hall–Kier alpha value is -4.31. The zero-order valence-corrected chi connectivity index (χ0v) is 18.9. The van der Waals surface area contributed by atoms with Gasteiger partial charge in [-0.05, 0) is 11.1 Å². The minimum atomic E-state index is -4.51. The van der Waals surface area contributed by atoms with E-state index < -0.39 is 28.9 Å². The first kappa shape index (κ1) is 23.8. The molecule has 2 aromatic heterocycles. The fourth-order valence-electron chi connectivity index (χ4n) is 3.73. The molecule has 0 fully saturated rings. The number of aromatic nitrogens is 2. The van der Waals surface area contributed by atoms with Gasteiger partial charge in [0.15, 0.2) is 24.8 Å². The van der Waals surface area contributed by atoms with E-state index in [4.69, 9.17) is 0 Å². The first-order chi connectivity index (χ1) is 16.6. The van der Waals surface area contributed by atoms with Gasteiger partial charge in [0, 0.05) is 42.0 Å². The van der Waals surface area contributed by atoms with Crippen molar-refractivity contribution in [1.82, 2.24) is 0 Å². The van der Waals surface area contributed by atoms with Crippen molar-refractivity contribution >= 4 is 19.0 Å². The second-order valence-corrected chi connectivity index (χ2v) is 9.26. The van der Waals surface area contributed by atoms with Crippen molar-refractivity contribution in [2.45, 2.75) is 5.78 Å². The maximum atomic E-state index is 12.2. The number of benzene rings is 2. The van der Waals surface area contributed by atoms with Crippen LogP contribution in [-0.4, -0.2) is 19.6 Å². The zero-order chi connectivity index (χ0) is 25.2. The summed E-state index contributed by atoms with van der Waals surface area (Å²) in [5.74, 6) is -1.17. The summed E-state index contributed by atoms with van der Waals surface area (Å²) >= 11 is 0. The summed E-state index contributed by atoms with van der Waals surface area (Å²) in [6.07, 6.45) is 6.34. The highest BCUT2D eigenvalue weighted by Crippen LogP contribution is 2.49. The molecule has 35 heavy (non-hydrogen) atoms. The van der Waals surface area contributed by atoms with Gasteiger partial charge in [0.25, 0.3) is 17.2 Å². The second-order valence-electron chi connectivity index (χ2n) is 7.59. The lowest BCUT2D eigenvalue weighted by atomic mass is 10.1. The van der Waals surface area contributed by atoms with Crippen LogP contribution in [0.5, 0.6) is 0 Å². The van der Waals surface area contributed by atoms with Crippen LogP contribution in [0.3, 0.4) is 0 Å². The molecule has 0 aliphatic rings. The molecule has 0 bridgehead atoms. The Balaban J connectivity index is 1.64. The monoisotopic (exact) mass is 494 g/mol. The van der Waals surface area contributed by atoms with Gasteiger partial charge in [-0.25, -0.2) is 0 Å². The van der Waals surface area contributed by atoms with Crippen LogP contribution in [0.15, 0.2) is 97.6 Å². The Morgan fingerprint density at radius 3 is 1.86 bits per heavy atom. The van der Waals surface area contributed by atoms with Gasteiger partial charge in [-0.2, -0.15) is 9.13 Å². The van der Waals surface area contributed by atoms with Crippen LogP contribution in [0.4, 0.5) is 11.4 Å². The Bertz CT molecular complexity index is 1440. The molecule has 2 N–H and O–H groups in total. The van der Waals surface area contributed by atoms with Gasteiger partial charge in [0.1, 0.15) is 6.07 Å². The molecule has 1 unspecified atom stereocenters. The summed E-state index contributed by atoms with van der Waals surface area (Å²) in [7, 11) is -4.51. The molecule has 0 radical (unpaired) electrons. The number of non-ortho nitro benzene ring substituents is 1.